The lowest BCUT2D eigenvalue weighted by Gasteiger charge is -2.31. The predicted molar refractivity (Wildman–Crippen MR) is 109 cm³/mol. The second kappa shape index (κ2) is 15.2. The Kier molecular flexibility index (Phi) is 14.2. The number of ether oxygens (including phenoxy) is 1. The number of carboxylic acid groups (broad SMARTS) is 1. The third kappa shape index (κ3) is 13.0. The van der Waals surface area contributed by atoms with Gasteiger partial charge in [0.05, 0.1) is 0 Å². The van der Waals surface area contributed by atoms with Crippen LogP contribution in [0.3, 0.4) is 0 Å². The summed E-state index contributed by atoms with van der Waals surface area (Å²) in [5.41, 5.74) is 0. The van der Waals surface area contributed by atoms with Crippen LogP contribution in [-0.2, 0) is 4.79 Å². The minimum Gasteiger partial charge on any atom is -0.478 e. The Hall–Kier alpha value is -1.85. The van der Waals surface area contributed by atoms with E-state index < -0.39 is 17.9 Å². The van der Waals surface area contributed by atoms with E-state index in [1.165, 1.54) is 38.5 Å². The monoisotopic (exact) mass is 380 g/mol. The fourth-order valence-corrected chi connectivity index (χ4v) is 2.55. The topological polar surface area (TPSA) is 87.0 Å². The summed E-state index contributed by atoms with van der Waals surface area (Å²) >= 11 is 0. The molecule has 5 nitrogen and oxygen atoms in total. The van der Waals surface area contributed by atoms with E-state index in [1.54, 1.807) is 19.1 Å². The summed E-state index contributed by atoms with van der Waals surface area (Å²) in [5, 5.41) is 28.0. The van der Waals surface area contributed by atoms with Crippen LogP contribution < -0.4 is 4.74 Å². The summed E-state index contributed by atoms with van der Waals surface area (Å²) in [4.78, 5) is 9.25. The predicted octanol–water partition coefficient (Wildman–Crippen LogP) is 4.92. The van der Waals surface area contributed by atoms with Crippen LogP contribution in [0.15, 0.2) is 43.0 Å². The fourth-order valence-electron chi connectivity index (χ4n) is 2.55. The first kappa shape index (κ1) is 25.1. The van der Waals surface area contributed by atoms with Gasteiger partial charge in [-0.2, -0.15) is 0 Å². The average molecular weight is 381 g/mol. The molecule has 0 aliphatic heterocycles. The van der Waals surface area contributed by atoms with E-state index in [9.17, 15) is 15.0 Å². The molecule has 0 saturated heterocycles. The van der Waals surface area contributed by atoms with E-state index in [0.717, 1.165) is 18.9 Å². The summed E-state index contributed by atoms with van der Waals surface area (Å²) in [7, 11) is 0. The Morgan fingerprint density at radius 2 is 1.59 bits per heavy atom. The molecular weight excluding hydrogens is 344 g/mol. The first-order valence-corrected chi connectivity index (χ1v) is 9.85. The summed E-state index contributed by atoms with van der Waals surface area (Å²) in [6.45, 7) is 6.76. The average Bonchev–Trinajstić information content (AvgIpc) is 2.65. The number of aliphatic carboxylic acids is 1. The normalized spacial score (nSPS) is 13.6. The number of hydrogen-bond donors (Lipinski definition) is 3. The lowest BCUT2D eigenvalue weighted by Crippen LogP contribution is -2.46. The van der Waals surface area contributed by atoms with Crippen molar-refractivity contribution in [3.8, 4) is 5.75 Å². The highest BCUT2D eigenvalue weighted by Crippen LogP contribution is 2.25. The van der Waals surface area contributed by atoms with Crippen LogP contribution in [0.25, 0.3) is 0 Å². The van der Waals surface area contributed by atoms with Gasteiger partial charge in [0.2, 0.25) is 5.79 Å². The molecule has 0 bridgehead atoms. The molecule has 0 heterocycles. The zero-order valence-electron chi connectivity index (χ0n) is 16.8. The van der Waals surface area contributed by atoms with Gasteiger partial charge in [-0.3, -0.25) is 0 Å². The van der Waals surface area contributed by atoms with E-state index >= 15 is 0 Å². The summed E-state index contributed by atoms with van der Waals surface area (Å²) in [6.07, 6.45) is 9.97. The highest BCUT2D eigenvalue weighted by molar-refractivity contribution is 5.78. The Morgan fingerprint density at radius 3 is 2.04 bits per heavy atom. The number of para-hydroxylation sites is 1. The summed E-state index contributed by atoms with van der Waals surface area (Å²) < 4.78 is 5.63. The molecule has 3 N–H and O–H groups in total. The molecule has 0 aliphatic carbocycles. The number of hydrogen-bond acceptors (Lipinski definition) is 4. The van der Waals surface area contributed by atoms with Gasteiger partial charge in [-0.1, -0.05) is 76.6 Å². The van der Waals surface area contributed by atoms with E-state index in [0.29, 0.717) is 12.2 Å². The number of aliphatic hydroxyl groups is 2. The van der Waals surface area contributed by atoms with Gasteiger partial charge in [0.25, 0.3) is 0 Å². The second-order valence-electron chi connectivity index (χ2n) is 6.70. The van der Waals surface area contributed by atoms with Crippen molar-refractivity contribution in [1.29, 1.82) is 0 Å². The van der Waals surface area contributed by atoms with Crippen LogP contribution in [0, 0.1) is 0 Å². The van der Waals surface area contributed by atoms with Crippen LogP contribution in [0.1, 0.15) is 71.6 Å². The highest BCUT2D eigenvalue weighted by atomic mass is 16.6. The zero-order chi connectivity index (χ0) is 20.5. The van der Waals surface area contributed by atoms with Gasteiger partial charge in [-0.05, 0) is 25.5 Å². The third-order valence-corrected chi connectivity index (χ3v) is 4.25. The van der Waals surface area contributed by atoms with Crippen molar-refractivity contribution in [3.63, 3.8) is 0 Å². The number of carbonyl (C=O) groups is 1. The van der Waals surface area contributed by atoms with Crippen molar-refractivity contribution in [3.05, 3.63) is 43.0 Å². The maximum atomic E-state index is 10.5. The van der Waals surface area contributed by atoms with Gasteiger partial charge in [0.1, 0.15) is 11.9 Å². The van der Waals surface area contributed by atoms with Crippen LogP contribution in [-0.4, -0.2) is 33.2 Å². The van der Waals surface area contributed by atoms with E-state index in [2.05, 4.69) is 13.5 Å². The minimum absolute atomic E-state index is 0.453. The van der Waals surface area contributed by atoms with E-state index in [1.807, 2.05) is 18.2 Å². The lowest BCUT2D eigenvalue weighted by atomic mass is 10.0. The highest BCUT2D eigenvalue weighted by Gasteiger charge is 2.34. The largest absolute Gasteiger partial charge is 0.478 e. The van der Waals surface area contributed by atoms with Crippen LogP contribution >= 0.6 is 0 Å². The molecule has 0 aliphatic rings. The number of carboxylic acids is 1. The van der Waals surface area contributed by atoms with Crippen LogP contribution in [0.2, 0.25) is 0 Å². The maximum absolute atomic E-state index is 10.5. The number of unbranched alkanes of at least 4 members (excludes halogenated alkanes) is 7. The molecule has 2 atom stereocenters. The SMILES string of the molecule is C=CC(=O)O.CCCCCCCCCCC(O)(Oc1ccccc1)C(C)O. The van der Waals surface area contributed by atoms with Gasteiger partial charge in [-0.15, -0.1) is 0 Å². The van der Waals surface area contributed by atoms with Crippen molar-refractivity contribution >= 4 is 5.97 Å². The molecule has 1 rings (SSSR count). The molecule has 1 aromatic rings. The molecule has 0 radical (unpaired) electrons. The molecule has 154 valence electrons. The van der Waals surface area contributed by atoms with Gasteiger partial charge in [0.15, 0.2) is 0 Å². The van der Waals surface area contributed by atoms with Crippen LogP contribution in [0.5, 0.6) is 5.75 Å². The van der Waals surface area contributed by atoms with E-state index in [4.69, 9.17) is 9.84 Å². The molecule has 0 aromatic heterocycles. The number of rotatable bonds is 13. The van der Waals surface area contributed by atoms with Crippen LogP contribution in [0.4, 0.5) is 0 Å². The molecule has 0 spiro atoms. The second-order valence-corrected chi connectivity index (χ2v) is 6.70. The first-order valence-electron chi connectivity index (χ1n) is 9.85. The summed E-state index contributed by atoms with van der Waals surface area (Å²) in [5.74, 6) is -1.89. The molecule has 1 aromatic carbocycles. The fraction of sp³-hybridized carbons (Fsp3) is 0.591. The Labute approximate surface area is 163 Å². The van der Waals surface area contributed by atoms with E-state index in [-0.39, 0.29) is 0 Å². The number of benzene rings is 1. The van der Waals surface area contributed by atoms with Gasteiger partial charge in [-0.25, -0.2) is 4.79 Å². The zero-order valence-corrected chi connectivity index (χ0v) is 16.8. The molecular formula is C22H36O5. The molecule has 0 fully saturated rings. The first-order chi connectivity index (χ1) is 12.9. The van der Waals surface area contributed by atoms with Crippen molar-refractivity contribution in [2.24, 2.45) is 0 Å². The molecule has 0 amide bonds. The smallest absolute Gasteiger partial charge is 0.327 e. The molecule has 0 saturated carbocycles. The van der Waals surface area contributed by atoms with Crippen molar-refractivity contribution in [2.75, 3.05) is 0 Å². The maximum Gasteiger partial charge on any atom is 0.327 e. The Balaban J connectivity index is 0.00000119. The molecule has 5 heteroatoms. The number of aliphatic hydroxyl groups excluding tert-OH is 1. The van der Waals surface area contributed by atoms with Gasteiger partial charge >= 0.3 is 5.97 Å². The summed E-state index contributed by atoms with van der Waals surface area (Å²) in [6, 6.07) is 9.19. The third-order valence-electron chi connectivity index (χ3n) is 4.25. The minimum atomic E-state index is -1.50. The molecule has 27 heavy (non-hydrogen) atoms. The standard InChI is InChI=1S/C19H32O3.C3H4O2/c1-3-4-5-6-7-8-9-13-16-19(21,17(2)20)22-18-14-11-10-12-15-18;1-2-3(4)5/h10-12,14-15,17,20-21H,3-9,13,16H2,1-2H3;2H,1H2,(H,4,5). The Bertz CT molecular complexity index is 501. The van der Waals surface area contributed by atoms with Crippen molar-refractivity contribution in [2.45, 2.75) is 83.5 Å². The Morgan fingerprint density at radius 1 is 1.11 bits per heavy atom. The van der Waals surface area contributed by atoms with Gasteiger partial charge < -0.3 is 20.1 Å². The van der Waals surface area contributed by atoms with Crippen molar-refractivity contribution < 1.29 is 24.9 Å². The quantitative estimate of drug-likeness (QED) is 0.257. The lowest BCUT2D eigenvalue weighted by molar-refractivity contribution is -0.204. The van der Waals surface area contributed by atoms with Gasteiger partial charge in [0, 0.05) is 12.5 Å². The molecule has 2 unspecified atom stereocenters. The van der Waals surface area contributed by atoms with Crippen molar-refractivity contribution in [1.82, 2.24) is 0 Å².